The summed E-state index contributed by atoms with van der Waals surface area (Å²) in [5, 5.41) is 6.40. The quantitative estimate of drug-likeness (QED) is 0.442. The van der Waals surface area contributed by atoms with Crippen LogP contribution >= 0.6 is 15.9 Å². The van der Waals surface area contributed by atoms with Crippen molar-refractivity contribution in [1.82, 2.24) is 14.3 Å². The van der Waals surface area contributed by atoms with Crippen molar-refractivity contribution in [1.29, 1.82) is 0 Å². The highest BCUT2D eigenvalue weighted by molar-refractivity contribution is 9.10. The second kappa shape index (κ2) is 10.5. The Balaban J connectivity index is 1.49. The van der Waals surface area contributed by atoms with Gasteiger partial charge < -0.3 is 16.4 Å². The number of fused-ring (bicyclic) bond motifs is 2. The summed E-state index contributed by atoms with van der Waals surface area (Å²) in [6.45, 7) is 3.98. The molecular formula is C23H28BrFN6O2S. The molecule has 0 spiro atoms. The number of piperidine rings is 1. The zero-order chi connectivity index (χ0) is 24.4. The topological polar surface area (TPSA) is 113 Å². The average Bonchev–Trinajstić information content (AvgIpc) is 3.07. The Morgan fingerprint density at radius 3 is 2.68 bits per heavy atom. The summed E-state index contributed by atoms with van der Waals surface area (Å²) < 4.78 is 30.0. The highest BCUT2D eigenvalue weighted by atomic mass is 79.9. The fourth-order valence-corrected chi connectivity index (χ4v) is 6.73. The molecule has 1 aromatic carbocycles. The van der Waals surface area contributed by atoms with Crippen molar-refractivity contribution in [3.05, 3.63) is 51.2 Å². The van der Waals surface area contributed by atoms with E-state index < -0.39 is 22.7 Å². The molecule has 2 aromatic rings. The van der Waals surface area contributed by atoms with Crippen LogP contribution in [0.1, 0.15) is 56.3 Å². The van der Waals surface area contributed by atoms with Crippen molar-refractivity contribution in [2.24, 2.45) is 5.73 Å². The molecule has 8 nitrogen and oxygen atoms in total. The lowest BCUT2D eigenvalue weighted by atomic mass is 10.00. The van der Waals surface area contributed by atoms with E-state index in [4.69, 9.17) is 5.73 Å². The molecule has 4 rings (SSSR count). The Morgan fingerprint density at radius 1 is 1.35 bits per heavy atom. The summed E-state index contributed by atoms with van der Waals surface area (Å²) >= 11 is 3.40. The van der Waals surface area contributed by atoms with Gasteiger partial charge in [-0.3, -0.25) is 4.79 Å². The molecule has 2 saturated heterocycles. The van der Waals surface area contributed by atoms with Gasteiger partial charge in [0.25, 0.3) is 5.91 Å². The third-order valence-electron chi connectivity index (χ3n) is 6.34. The third kappa shape index (κ3) is 5.01. The lowest BCUT2D eigenvalue weighted by Gasteiger charge is -2.38. The largest absolute Gasteiger partial charge is 0.365 e. The van der Waals surface area contributed by atoms with Crippen molar-refractivity contribution >= 4 is 50.3 Å². The number of nitrogens with two attached hydrogens (primary N) is 1. The van der Waals surface area contributed by atoms with Crippen LogP contribution in [0.2, 0.25) is 0 Å². The Hall–Kier alpha value is -2.37. The van der Waals surface area contributed by atoms with E-state index in [0.29, 0.717) is 16.2 Å². The van der Waals surface area contributed by atoms with E-state index in [1.165, 1.54) is 12.1 Å². The molecule has 2 aliphatic rings. The number of hydrogen-bond donors (Lipinski definition) is 3. The van der Waals surface area contributed by atoms with Gasteiger partial charge in [0, 0.05) is 29.2 Å². The smallest absolute Gasteiger partial charge is 0.253 e. The van der Waals surface area contributed by atoms with Crippen molar-refractivity contribution < 1.29 is 13.4 Å². The monoisotopic (exact) mass is 550 g/mol. The maximum absolute atomic E-state index is 14.1. The van der Waals surface area contributed by atoms with E-state index in [9.17, 15) is 13.4 Å². The van der Waals surface area contributed by atoms with Gasteiger partial charge in [0.05, 0.1) is 15.7 Å². The number of carbonyl (C=O) groups is 1. The Labute approximate surface area is 209 Å². The van der Waals surface area contributed by atoms with Crippen LogP contribution in [0, 0.1) is 5.82 Å². The number of halogens is 2. The SMILES string of the molecule is C/C=C(\CC)S(=O)N1C2CCC1CC(Nc1ncc(Br)c(Nc3cccc(F)c3C(N)=O)n1)C2. The second-order valence-corrected chi connectivity index (χ2v) is 10.8. The van der Waals surface area contributed by atoms with Gasteiger partial charge in [0.15, 0.2) is 0 Å². The van der Waals surface area contributed by atoms with Crippen LogP contribution in [-0.2, 0) is 11.0 Å². The fraction of sp³-hybridized carbons (Fsp3) is 0.435. The average molecular weight is 551 g/mol. The molecule has 1 amide bonds. The van der Waals surface area contributed by atoms with Gasteiger partial charge in [-0.05, 0) is 67.1 Å². The molecular weight excluding hydrogens is 523 g/mol. The van der Waals surface area contributed by atoms with Gasteiger partial charge in [-0.1, -0.05) is 19.1 Å². The lowest BCUT2D eigenvalue weighted by Crippen LogP contribution is -2.47. The number of hydrogen-bond acceptors (Lipinski definition) is 6. The summed E-state index contributed by atoms with van der Waals surface area (Å²) in [4.78, 5) is 21.6. The fourth-order valence-electron chi connectivity index (χ4n) is 4.80. The highest BCUT2D eigenvalue weighted by Crippen LogP contribution is 2.39. The molecule has 2 bridgehead atoms. The van der Waals surface area contributed by atoms with Gasteiger partial charge in [-0.25, -0.2) is 17.9 Å². The number of anilines is 3. The number of amides is 1. The molecule has 3 atom stereocenters. The molecule has 3 unspecified atom stereocenters. The number of primary amides is 1. The van der Waals surface area contributed by atoms with Crippen LogP contribution in [0.25, 0.3) is 0 Å². The molecule has 34 heavy (non-hydrogen) atoms. The van der Waals surface area contributed by atoms with E-state index in [1.54, 1.807) is 12.3 Å². The minimum Gasteiger partial charge on any atom is -0.365 e. The van der Waals surface area contributed by atoms with Gasteiger partial charge in [-0.15, -0.1) is 0 Å². The third-order valence-corrected chi connectivity index (χ3v) is 8.88. The molecule has 0 saturated carbocycles. The van der Waals surface area contributed by atoms with E-state index in [1.807, 2.05) is 19.9 Å². The van der Waals surface area contributed by atoms with Crippen LogP contribution in [0.15, 0.2) is 39.8 Å². The van der Waals surface area contributed by atoms with Crippen molar-refractivity contribution in [3.8, 4) is 0 Å². The lowest BCUT2D eigenvalue weighted by molar-refractivity contribution is 0.0997. The van der Waals surface area contributed by atoms with Crippen molar-refractivity contribution in [2.75, 3.05) is 10.6 Å². The highest BCUT2D eigenvalue weighted by Gasteiger charge is 2.44. The van der Waals surface area contributed by atoms with E-state index in [-0.39, 0.29) is 29.4 Å². The number of carbonyl (C=O) groups excluding carboxylic acids is 1. The van der Waals surface area contributed by atoms with Gasteiger partial charge in [-0.2, -0.15) is 4.98 Å². The van der Waals surface area contributed by atoms with Gasteiger partial charge in [0.1, 0.15) is 22.6 Å². The summed E-state index contributed by atoms with van der Waals surface area (Å²) in [5.74, 6) is -0.769. The first kappa shape index (κ1) is 24.7. The number of nitrogens with zero attached hydrogens (tertiary/aromatic N) is 3. The first-order valence-electron chi connectivity index (χ1n) is 11.3. The molecule has 3 heterocycles. The molecule has 4 N–H and O–H groups in total. The first-order valence-corrected chi connectivity index (χ1v) is 13.2. The van der Waals surface area contributed by atoms with E-state index >= 15 is 0 Å². The molecule has 11 heteroatoms. The van der Waals surface area contributed by atoms with E-state index in [0.717, 1.165) is 37.0 Å². The maximum Gasteiger partial charge on any atom is 0.253 e. The van der Waals surface area contributed by atoms with E-state index in [2.05, 4.69) is 40.8 Å². The molecule has 0 radical (unpaired) electrons. The number of allylic oxidation sites excluding steroid dienone is 2. The Bertz CT molecular complexity index is 1130. The van der Waals surface area contributed by atoms with Crippen LogP contribution in [-0.4, -0.2) is 42.5 Å². The molecule has 2 aliphatic heterocycles. The zero-order valence-electron chi connectivity index (χ0n) is 19.1. The zero-order valence-corrected chi connectivity index (χ0v) is 21.5. The van der Waals surface area contributed by atoms with Crippen LogP contribution in [0.5, 0.6) is 0 Å². The van der Waals surface area contributed by atoms with Crippen molar-refractivity contribution in [2.45, 2.75) is 64.1 Å². The summed E-state index contributed by atoms with van der Waals surface area (Å²) in [6, 6.07) is 4.87. The molecule has 0 aliphatic carbocycles. The van der Waals surface area contributed by atoms with Gasteiger partial charge >= 0.3 is 0 Å². The van der Waals surface area contributed by atoms with Gasteiger partial charge in [0.2, 0.25) is 5.95 Å². The number of nitrogens with one attached hydrogen (secondary N) is 2. The molecule has 2 fully saturated rings. The molecule has 1 aromatic heterocycles. The van der Waals surface area contributed by atoms with Crippen LogP contribution < -0.4 is 16.4 Å². The number of aromatic nitrogens is 2. The number of benzene rings is 1. The summed E-state index contributed by atoms with van der Waals surface area (Å²) in [5.41, 5.74) is 5.35. The first-order chi connectivity index (χ1) is 16.3. The Morgan fingerprint density at radius 2 is 2.06 bits per heavy atom. The number of rotatable bonds is 8. The summed E-state index contributed by atoms with van der Waals surface area (Å²) in [6.07, 6.45) is 8.09. The van der Waals surface area contributed by atoms with Crippen LogP contribution in [0.4, 0.5) is 21.8 Å². The predicted octanol–water partition coefficient (Wildman–Crippen LogP) is 4.61. The normalized spacial score (nSPS) is 23.5. The minimum absolute atomic E-state index is 0.144. The predicted molar refractivity (Wildman–Crippen MR) is 135 cm³/mol. The maximum atomic E-state index is 14.1. The Kier molecular flexibility index (Phi) is 7.63. The second-order valence-electron chi connectivity index (χ2n) is 8.46. The van der Waals surface area contributed by atoms with Crippen LogP contribution in [0.3, 0.4) is 0 Å². The summed E-state index contributed by atoms with van der Waals surface area (Å²) in [7, 11) is -1.09. The van der Waals surface area contributed by atoms with Crippen molar-refractivity contribution in [3.63, 3.8) is 0 Å². The minimum atomic E-state index is -1.09. The standard InChI is InChI=1S/C23H28BrFN6O2S/c1-3-16(4-2)34(33)31-14-8-9-15(31)11-13(10-14)28-23-27-12-17(24)22(30-23)29-19-7-5-6-18(25)20(19)21(26)32/h3,5-7,12-15H,4,8-11H2,1-2H3,(H2,26,32)(H2,27,28,29,30)/b16-3+. The molecule has 182 valence electrons.